The predicted molar refractivity (Wildman–Crippen MR) is 69.5 cm³/mol. The number of hydrogen-bond acceptors (Lipinski definition) is 5. The molecule has 0 saturated carbocycles. The Morgan fingerprint density at radius 3 is 2.83 bits per heavy atom. The Morgan fingerprint density at radius 1 is 1.50 bits per heavy atom. The van der Waals surface area contributed by atoms with Gasteiger partial charge in [-0.2, -0.15) is 0 Å². The highest BCUT2D eigenvalue weighted by Gasteiger charge is 2.18. The number of esters is 1. The quantitative estimate of drug-likeness (QED) is 0.854. The maximum absolute atomic E-state index is 11.4. The first-order valence-electron chi connectivity index (χ1n) is 5.08. The summed E-state index contributed by atoms with van der Waals surface area (Å²) in [6, 6.07) is 1.90. The van der Waals surface area contributed by atoms with E-state index in [1.54, 1.807) is 10.8 Å². The Morgan fingerprint density at radius 2 is 2.22 bits per heavy atom. The minimum atomic E-state index is -0.569. The predicted octanol–water partition coefficient (Wildman–Crippen LogP) is 1.71. The van der Waals surface area contributed by atoms with Crippen molar-refractivity contribution in [3.05, 3.63) is 34.3 Å². The van der Waals surface area contributed by atoms with Gasteiger partial charge in [0.25, 0.3) is 0 Å². The Bertz CT molecular complexity index is 609. The van der Waals surface area contributed by atoms with Gasteiger partial charge in [0.15, 0.2) is 5.69 Å². The molecule has 6 nitrogen and oxygen atoms in total. The molecule has 2 aromatic rings. The van der Waals surface area contributed by atoms with E-state index in [1.807, 2.05) is 13.0 Å². The van der Waals surface area contributed by atoms with Crippen molar-refractivity contribution in [3.8, 4) is 5.82 Å². The normalized spacial score (nSPS) is 10.4. The maximum Gasteiger partial charge on any atom is 0.360 e. The van der Waals surface area contributed by atoms with Gasteiger partial charge >= 0.3 is 5.97 Å². The molecule has 0 atom stereocenters. The van der Waals surface area contributed by atoms with Crippen molar-refractivity contribution in [2.75, 3.05) is 12.8 Å². The number of carbonyl (C=O) groups excluding carboxylic acids is 1. The molecule has 0 aliphatic heterocycles. The third-order valence-corrected chi connectivity index (χ3v) is 2.86. The van der Waals surface area contributed by atoms with Crippen LogP contribution in [0.25, 0.3) is 5.82 Å². The lowest BCUT2D eigenvalue weighted by atomic mass is 10.3. The summed E-state index contributed by atoms with van der Waals surface area (Å²) < 4.78 is 7.01. The van der Waals surface area contributed by atoms with Crippen LogP contribution in [0.1, 0.15) is 16.1 Å². The molecule has 2 heterocycles. The Labute approximate surface area is 112 Å². The van der Waals surface area contributed by atoms with E-state index in [0.29, 0.717) is 5.82 Å². The molecular formula is C11H11BrN4O2. The molecular weight excluding hydrogens is 300 g/mol. The fraction of sp³-hybridized carbons (Fsp3) is 0.182. The molecule has 0 fully saturated rings. The highest BCUT2D eigenvalue weighted by atomic mass is 79.9. The monoisotopic (exact) mass is 310 g/mol. The summed E-state index contributed by atoms with van der Waals surface area (Å²) >= 11 is 3.33. The molecule has 2 aromatic heterocycles. The van der Waals surface area contributed by atoms with Gasteiger partial charge in [-0.1, -0.05) is 0 Å². The average molecular weight is 311 g/mol. The third-order valence-electron chi connectivity index (χ3n) is 2.43. The van der Waals surface area contributed by atoms with E-state index in [2.05, 4.69) is 30.6 Å². The number of methoxy groups -OCH3 is 1. The number of imidazole rings is 1. The SMILES string of the molecule is COC(=O)c1ncn(-c2ncc(Br)cc2C)c1N. The number of pyridine rings is 1. The molecule has 2 N–H and O–H groups in total. The van der Waals surface area contributed by atoms with Crippen molar-refractivity contribution < 1.29 is 9.53 Å². The van der Waals surface area contributed by atoms with Gasteiger partial charge in [0.1, 0.15) is 18.0 Å². The van der Waals surface area contributed by atoms with E-state index in [9.17, 15) is 4.79 Å². The van der Waals surface area contributed by atoms with Gasteiger partial charge in [-0.15, -0.1) is 0 Å². The van der Waals surface area contributed by atoms with Crippen molar-refractivity contribution in [2.24, 2.45) is 0 Å². The second kappa shape index (κ2) is 4.77. The topological polar surface area (TPSA) is 83.0 Å². The van der Waals surface area contributed by atoms with E-state index < -0.39 is 5.97 Å². The molecule has 0 aliphatic rings. The summed E-state index contributed by atoms with van der Waals surface area (Å²) in [5, 5.41) is 0. The average Bonchev–Trinajstić information content (AvgIpc) is 2.70. The van der Waals surface area contributed by atoms with Crippen molar-refractivity contribution >= 4 is 27.7 Å². The second-order valence-electron chi connectivity index (χ2n) is 3.63. The van der Waals surface area contributed by atoms with Gasteiger partial charge in [0.2, 0.25) is 0 Å². The molecule has 0 aliphatic carbocycles. The van der Waals surface area contributed by atoms with Crippen LogP contribution in [0.15, 0.2) is 23.1 Å². The number of nitrogens with two attached hydrogens (primary N) is 1. The number of aryl methyl sites for hydroxylation is 1. The van der Waals surface area contributed by atoms with Crippen LogP contribution < -0.4 is 5.73 Å². The minimum absolute atomic E-state index is 0.0848. The summed E-state index contributed by atoms with van der Waals surface area (Å²) in [5.41, 5.74) is 6.86. The lowest BCUT2D eigenvalue weighted by Gasteiger charge is -2.07. The molecule has 0 amide bonds. The van der Waals surface area contributed by atoms with Crippen molar-refractivity contribution in [3.63, 3.8) is 0 Å². The van der Waals surface area contributed by atoms with Gasteiger partial charge in [0, 0.05) is 10.7 Å². The largest absolute Gasteiger partial charge is 0.464 e. The van der Waals surface area contributed by atoms with Gasteiger partial charge in [-0.05, 0) is 34.5 Å². The van der Waals surface area contributed by atoms with Gasteiger partial charge in [0.05, 0.1) is 7.11 Å². The number of ether oxygens (including phenoxy) is 1. The Kier molecular flexibility index (Phi) is 3.33. The standard InChI is InChI=1S/C11H11BrN4O2/c1-6-3-7(12)4-14-10(6)16-5-15-8(9(16)13)11(17)18-2/h3-5H,13H2,1-2H3. The smallest absolute Gasteiger partial charge is 0.360 e. The molecule has 0 radical (unpaired) electrons. The van der Waals surface area contributed by atoms with E-state index in [0.717, 1.165) is 10.0 Å². The minimum Gasteiger partial charge on any atom is -0.464 e. The molecule has 94 valence electrons. The first-order valence-corrected chi connectivity index (χ1v) is 5.87. The van der Waals surface area contributed by atoms with Crippen molar-refractivity contribution in [2.45, 2.75) is 6.92 Å². The second-order valence-corrected chi connectivity index (χ2v) is 4.55. The number of carbonyl (C=O) groups is 1. The van der Waals surface area contributed by atoms with E-state index >= 15 is 0 Å². The van der Waals surface area contributed by atoms with Crippen molar-refractivity contribution in [1.29, 1.82) is 0 Å². The summed E-state index contributed by atoms with van der Waals surface area (Å²) in [6.45, 7) is 1.89. The molecule has 0 bridgehead atoms. The van der Waals surface area contributed by atoms with E-state index in [1.165, 1.54) is 13.4 Å². The van der Waals surface area contributed by atoms with Crippen LogP contribution in [-0.2, 0) is 4.74 Å². The van der Waals surface area contributed by atoms with Crippen LogP contribution in [0.3, 0.4) is 0 Å². The number of halogens is 1. The van der Waals surface area contributed by atoms with Crippen LogP contribution in [0.2, 0.25) is 0 Å². The van der Waals surface area contributed by atoms with Crippen LogP contribution in [-0.4, -0.2) is 27.6 Å². The zero-order valence-electron chi connectivity index (χ0n) is 9.85. The third kappa shape index (κ3) is 2.08. The molecule has 0 spiro atoms. The van der Waals surface area contributed by atoms with Crippen LogP contribution in [0.5, 0.6) is 0 Å². The summed E-state index contributed by atoms with van der Waals surface area (Å²) in [7, 11) is 1.28. The summed E-state index contributed by atoms with van der Waals surface area (Å²) in [5.74, 6) is 0.263. The van der Waals surface area contributed by atoms with Gasteiger partial charge < -0.3 is 10.5 Å². The first-order chi connectivity index (χ1) is 8.54. The number of aromatic nitrogens is 3. The molecule has 0 aromatic carbocycles. The molecule has 0 saturated heterocycles. The number of anilines is 1. The summed E-state index contributed by atoms with van der Waals surface area (Å²) in [6.07, 6.45) is 3.10. The highest BCUT2D eigenvalue weighted by Crippen LogP contribution is 2.21. The highest BCUT2D eigenvalue weighted by molar-refractivity contribution is 9.10. The van der Waals surface area contributed by atoms with Crippen LogP contribution in [0, 0.1) is 6.92 Å². The molecule has 7 heteroatoms. The number of rotatable bonds is 2. The van der Waals surface area contributed by atoms with Crippen LogP contribution in [0.4, 0.5) is 5.82 Å². The van der Waals surface area contributed by atoms with E-state index in [-0.39, 0.29) is 11.5 Å². The van der Waals surface area contributed by atoms with E-state index in [4.69, 9.17) is 5.73 Å². The maximum atomic E-state index is 11.4. The zero-order chi connectivity index (χ0) is 13.3. The fourth-order valence-corrected chi connectivity index (χ4v) is 2.01. The van der Waals surface area contributed by atoms with Crippen LogP contribution >= 0.6 is 15.9 Å². The van der Waals surface area contributed by atoms with Gasteiger partial charge in [-0.3, -0.25) is 4.57 Å². The lowest BCUT2D eigenvalue weighted by Crippen LogP contribution is -2.08. The Hall–Kier alpha value is -1.89. The first kappa shape index (κ1) is 12.6. The molecule has 0 unspecified atom stereocenters. The number of nitrogen functional groups attached to an aromatic ring is 1. The van der Waals surface area contributed by atoms with Gasteiger partial charge in [-0.25, -0.2) is 14.8 Å². The lowest BCUT2D eigenvalue weighted by molar-refractivity contribution is 0.0596. The number of hydrogen-bond donors (Lipinski definition) is 1. The molecule has 18 heavy (non-hydrogen) atoms. The Balaban J connectivity index is 2.52. The number of nitrogens with zero attached hydrogens (tertiary/aromatic N) is 3. The summed E-state index contributed by atoms with van der Waals surface area (Å²) in [4.78, 5) is 19.6. The van der Waals surface area contributed by atoms with Crippen molar-refractivity contribution in [1.82, 2.24) is 14.5 Å². The molecule has 2 rings (SSSR count). The fourth-order valence-electron chi connectivity index (χ4n) is 1.57. The zero-order valence-corrected chi connectivity index (χ0v) is 11.4.